The fourth-order valence-electron chi connectivity index (χ4n) is 3.36. The lowest BCUT2D eigenvalue weighted by Gasteiger charge is -2.14. The van der Waals surface area contributed by atoms with Gasteiger partial charge >= 0.3 is 0 Å². The molecule has 0 bridgehead atoms. The predicted molar refractivity (Wildman–Crippen MR) is 114 cm³/mol. The number of fused-ring (bicyclic) bond motifs is 1. The van der Waals surface area contributed by atoms with Crippen molar-refractivity contribution in [3.8, 4) is 11.5 Å². The molecule has 148 valence electrons. The first-order valence-corrected chi connectivity index (χ1v) is 9.38. The standard InChI is InChI=1S/C22H28N4O2/c1-15-18(19-7-5-6-8-20(19)26-15)11-12-24-22(23-2)25-14-16-9-10-17(27-3)13-21(16)28-4/h5-10,13,26H,11-12,14H2,1-4H3,(H2,23,24,25). The van der Waals surface area contributed by atoms with Crippen molar-refractivity contribution in [2.75, 3.05) is 27.8 Å². The maximum absolute atomic E-state index is 5.45. The lowest BCUT2D eigenvalue weighted by molar-refractivity contribution is 0.390. The van der Waals surface area contributed by atoms with Gasteiger partial charge in [-0.2, -0.15) is 0 Å². The van der Waals surface area contributed by atoms with Crippen molar-refractivity contribution in [2.24, 2.45) is 4.99 Å². The number of methoxy groups -OCH3 is 2. The molecule has 0 fully saturated rings. The lowest BCUT2D eigenvalue weighted by atomic mass is 10.1. The second kappa shape index (κ2) is 9.17. The quantitative estimate of drug-likeness (QED) is 0.434. The van der Waals surface area contributed by atoms with Crippen molar-refractivity contribution in [1.82, 2.24) is 15.6 Å². The van der Waals surface area contributed by atoms with E-state index in [4.69, 9.17) is 9.47 Å². The van der Waals surface area contributed by atoms with Crippen LogP contribution in [0.4, 0.5) is 0 Å². The van der Waals surface area contributed by atoms with Crippen molar-refractivity contribution < 1.29 is 9.47 Å². The number of ether oxygens (including phenoxy) is 2. The number of nitrogens with zero attached hydrogens (tertiary/aromatic N) is 1. The number of benzene rings is 2. The molecule has 0 radical (unpaired) electrons. The van der Waals surface area contributed by atoms with E-state index < -0.39 is 0 Å². The van der Waals surface area contributed by atoms with Crippen LogP contribution in [0.1, 0.15) is 16.8 Å². The Morgan fingerprint density at radius 1 is 1.07 bits per heavy atom. The number of para-hydroxylation sites is 1. The van der Waals surface area contributed by atoms with E-state index in [2.05, 4.69) is 51.8 Å². The smallest absolute Gasteiger partial charge is 0.191 e. The Morgan fingerprint density at radius 3 is 2.64 bits per heavy atom. The summed E-state index contributed by atoms with van der Waals surface area (Å²) in [5, 5.41) is 8.01. The highest BCUT2D eigenvalue weighted by molar-refractivity contribution is 5.84. The van der Waals surface area contributed by atoms with Gasteiger partial charge in [0.1, 0.15) is 11.5 Å². The summed E-state index contributed by atoms with van der Waals surface area (Å²) in [6.07, 6.45) is 0.919. The second-order valence-corrected chi connectivity index (χ2v) is 6.55. The summed E-state index contributed by atoms with van der Waals surface area (Å²) in [6.45, 7) is 3.53. The summed E-state index contributed by atoms with van der Waals surface area (Å²) < 4.78 is 10.7. The van der Waals surface area contributed by atoms with Crippen molar-refractivity contribution in [3.63, 3.8) is 0 Å². The van der Waals surface area contributed by atoms with Crippen LogP contribution in [0, 0.1) is 6.92 Å². The molecule has 3 N–H and O–H groups in total. The van der Waals surface area contributed by atoms with Gasteiger partial charge in [0.25, 0.3) is 0 Å². The van der Waals surface area contributed by atoms with Crippen LogP contribution in [-0.4, -0.2) is 38.8 Å². The summed E-state index contributed by atoms with van der Waals surface area (Å²) in [7, 11) is 5.08. The summed E-state index contributed by atoms with van der Waals surface area (Å²) in [4.78, 5) is 7.77. The topological polar surface area (TPSA) is 70.7 Å². The average molecular weight is 380 g/mol. The Hall–Kier alpha value is -3.15. The molecule has 6 heteroatoms. The average Bonchev–Trinajstić information content (AvgIpc) is 3.05. The number of H-pyrrole nitrogens is 1. The van der Waals surface area contributed by atoms with Gasteiger partial charge in [0.05, 0.1) is 14.2 Å². The molecular weight excluding hydrogens is 352 g/mol. The third-order valence-corrected chi connectivity index (χ3v) is 4.86. The Labute approximate surface area is 166 Å². The van der Waals surface area contributed by atoms with Gasteiger partial charge in [-0.25, -0.2) is 0 Å². The van der Waals surface area contributed by atoms with Crippen molar-refractivity contribution in [2.45, 2.75) is 19.9 Å². The molecule has 0 atom stereocenters. The molecule has 3 rings (SSSR count). The summed E-state index contributed by atoms with van der Waals surface area (Å²) in [5.74, 6) is 2.32. The van der Waals surface area contributed by atoms with Crippen molar-refractivity contribution >= 4 is 16.9 Å². The van der Waals surface area contributed by atoms with Crippen LogP contribution in [0.25, 0.3) is 10.9 Å². The molecule has 28 heavy (non-hydrogen) atoms. The van der Waals surface area contributed by atoms with Gasteiger partial charge in [-0.3, -0.25) is 4.99 Å². The molecule has 0 aliphatic carbocycles. The summed E-state index contributed by atoms with van der Waals surface area (Å²) >= 11 is 0. The predicted octanol–water partition coefficient (Wildman–Crippen LogP) is 3.40. The number of rotatable bonds is 7. The van der Waals surface area contributed by atoms with Crippen LogP contribution in [0.3, 0.4) is 0 Å². The minimum atomic E-state index is 0.610. The molecule has 0 spiro atoms. The number of aromatic amines is 1. The third kappa shape index (κ3) is 4.39. The fourth-order valence-corrected chi connectivity index (χ4v) is 3.36. The highest BCUT2D eigenvalue weighted by atomic mass is 16.5. The van der Waals surface area contributed by atoms with E-state index >= 15 is 0 Å². The molecule has 1 aromatic heterocycles. The van der Waals surface area contributed by atoms with Crippen LogP contribution < -0.4 is 20.1 Å². The molecular formula is C22H28N4O2. The number of hydrogen-bond donors (Lipinski definition) is 3. The van der Waals surface area contributed by atoms with E-state index in [1.54, 1.807) is 21.3 Å². The molecule has 0 amide bonds. The van der Waals surface area contributed by atoms with Gasteiger partial charge in [0.15, 0.2) is 5.96 Å². The Kier molecular flexibility index (Phi) is 6.42. The van der Waals surface area contributed by atoms with E-state index in [0.717, 1.165) is 36.0 Å². The molecule has 3 aromatic rings. The minimum Gasteiger partial charge on any atom is -0.497 e. The van der Waals surface area contributed by atoms with Gasteiger partial charge in [0.2, 0.25) is 0 Å². The Morgan fingerprint density at radius 2 is 1.89 bits per heavy atom. The van der Waals surface area contributed by atoms with E-state index in [-0.39, 0.29) is 0 Å². The van der Waals surface area contributed by atoms with Crippen molar-refractivity contribution in [1.29, 1.82) is 0 Å². The van der Waals surface area contributed by atoms with Crippen LogP contribution in [0.15, 0.2) is 47.5 Å². The number of aromatic nitrogens is 1. The Balaban J connectivity index is 1.57. The van der Waals surface area contributed by atoms with Crippen LogP contribution >= 0.6 is 0 Å². The fraction of sp³-hybridized carbons (Fsp3) is 0.318. The monoisotopic (exact) mass is 380 g/mol. The SMILES string of the molecule is CN=C(NCCc1c(C)[nH]c2ccccc12)NCc1ccc(OC)cc1OC. The Bertz CT molecular complexity index is 962. The van der Waals surface area contributed by atoms with E-state index in [9.17, 15) is 0 Å². The molecule has 0 unspecified atom stereocenters. The van der Waals surface area contributed by atoms with Crippen LogP contribution in [0.2, 0.25) is 0 Å². The zero-order valence-corrected chi connectivity index (χ0v) is 16.9. The highest BCUT2D eigenvalue weighted by Crippen LogP contribution is 2.24. The summed E-state index contributed by atoms with van der Waals surface area (Å²) in [5.41, 5.74) is 4.78. The van der Waals surface area contributed by atoms with Crippen molar-refractivity contribution in [3.05, 3.63) is 59.3 Å². The largest absolute Gasteiger partial charge is 0.497 e. The molecule has 6 nitrogen and oxygen atoms in total. The van der Waals surface area contributed by atoms with Gasteiger partial charge in [-0.05, 0) is 37.1 Å². The maximum atomic E-state index is 5.45. The van der Waals surface area contributed by atoms with Crippen LogP contribution in [0.5, 0.6) is 11.5 Å². The molecule has 0 saturated carbocycles. The molecule has 0 aliphatic rings. The minimum absolute atomic E-state index is 0.610. The number of nitrogens with one attached hydrogen (secondary N) is 3. The first kappa shape index (κ1) is 19.6. The first-order chi connectivity index (χ1) is 13.7. The second-order valence-electron chi connectivity index (χ2n) is 6.55. The number of aliphatic imine (C=N–C) groups is 1. The normalized spacial score (nSPS) is 11.5. The molecule has 0 aliphatic heterocycles. The number of guanidine groups is 1. The number of aryl methyl sites for hydroxylation is 1. The molecule has 1 heterocycles. The van der Waals surface area contributed by atoms with Gasteiger partial charge in [-0.1, -0.05) is 18.2 Å². The molecule has 2 aromatic carbocycles. The van der Waals surface area contributed by atoms with E-state index in [0.29, 0.717) is 6.54 Å². The maximum Gasteiger partial charge on any atom is 0.191 e. The van der Waals surface area contributed by atoms with E-state index in [1.807, 2.05) is 18.2 Å². The zero-order valence-electron chi connectivity index (χ0n) is 16.9. The lowest BCUT2D eigenvalue weighted by Crippen LogP contribution is -2.38. The summed E-state index contributed by atoms with van der Waals surface area (Å²) in [6, 6.07) is 14.2. The van der Waals surface area contributed by atoms with E-state index in [1.165, 1.54) is 22.2 Å². The zero-order chi connectivity index (χ0) is 19.9. The van der Waals surface area contributed by atoms with Crippen LogP contribution in [-0.2, 0) is 13.0 Å². The number of hydrogen-bond acceptors (Lipinski definition) is 3. The van der Waals surface area contributed by atoms with Gasteiger partial charge in [0, 0.05) is 48.4 Å². The van der Waals surface area contributed by atoms with Gasteiger partial charge < -0.3 is 25.1 Å². The first-order valence-electron chi connectivity index (χ1n) is 9.38. The molecule has 0 saturated heterocycles. The highest BCUT2D eigenvalue weighted by Gasteiger charge is 2.09. The third-order valence-electron chi connectivity index (χ3n) is 4.86. The van der Waals surface area contributed by atoms with Gasteiger partial charge in [-0.15, -0.1) is 0 Å².